The van der Waals surface area contributed by atoms with Gasteiger partial charge >= 0.3 is 5.97 Å². The van der Waals surface area contributed by atoms with Crippen molar-refractivity contribution in [3.8, 4) is 0 Å². The summed E-state index contributed by atoms with van der Waals surface area (Å²) in [5.41, 5.74) is -0.0247. The van der Waals surface area contributed by atoms with E-state index in [0.717, 1.165) is 6.07 Å². The summed E-state index contributed by atoms with van der Waals surface area (Å²) < 4.78 is 24.4. The van der Waals surface area contributed by atoms with Crippen molar-refractivity contribution in [1.29, 1.82) is 0 Å². The van der Waals surface area contributed by atoms with Crippen molar-refractivity contribution in [2.24, 2.45) is 0 Å². The average Bonchev–Trinajstić information content (AvgIpc) is 2.60. The number of carbonyl (C=O) groups excluding carboxylic acids is 3. The van der Waals surface area contributed by atoms with E-state index in [1.165, 1.54) is 19.2 Å². The van der Waals surface area contributed by atoms with Gasteiger partial charge in [-0.3, -0.25) is 14.1 Å². The number of nitrogens with zero attached hydrogens (tertiary/aromatic N) is 1. The molecule has 0 saturated heterocycles. The molecule has 1 aliphatic rings. The van der Waals surface area contributed by atoms with Gasteiger partial charge in [-0.1, -0.05) is 0 Å². The number of fused-ring (bicyclic) bond motifs is 1. The van der Waals surface area contributed by atoms with Gasteiger partial charge in [0, 0.05) is 0 Å². The van der Waals surface area contributed by atoms with E-state index in [1.807, 2.05) is 0 Å². The molecule has 2 amide bonds. The molecule has 0 aliphatic carbocycles. The molecule has 7 nitrogen and oxygen atoms in total. The Morgan fingerprint density at radius 1 is 1.28 bits per heavy atom. The number of esters is 1. The summed E-state index contributed by atoms with van der Waals surface area (Å²) in [5, 5.41) is 0. The number of hydrogen-bond donors (Lipinski definition) is 1. The Labute approximate surface area is 104 Å². The number of amides is 2. The molecule has 1 atom stereocenters. The van der Waals surface area contributed by atoms with E-state index in [-0.39, 0.29) is 21.0 Å². The van der Waals surface area contributed by atoms with Crippen LogP contribution in [0.4, 0.5) is 0 Å². The van der Waals surface area contributed by atoms with E-state index in [2.05, 4.69) is 4.74 Å². The maximum atomic E-state index is 11.7. The topological polar surface area (TPSA) is 101 Å². The summed E-state index contributed by atoms with van der Waals surface area (Å²) in [7, 11) is 1.18. The monoisotopic (exact) mass is 269 g/mol. The zero-order valence-electron chi connectivity index (χ0n) is 9.08. The third kappa shape index (κ3) is 1.71. The molecule has 1 unspecified atom stereocenters. The smallest absolute Gasteiger partial charge is 0.337 e. The van der Waals surface area contributed by atoms with E-state index in [0.29, 0.717) is 0 Å². The molecule has 1 aromatic carbocycles. The molecule has 0 radical (unpaired) electrons. The molecule has 0 fully saturated rings. The average molecular weight is 269 g/mol. The molecule has 94 valence electrons. The zero-order valence-corrected chi connectivity index (χ0v) is 9.89. The Kier molecular flexibility index (Phi) is 2.97. The standard InChI is InChI=1S/C10H7NO6S/c1-17-10(14)5-2-3-6-7(4-5)9(13)11(8(6)12)18(15)16/h2-4H,1H3,(H,15,16). The Bertz CT molecular complexity index is 596. The van der Waals surface area contributed by atoms with Crippen LogP contribution in [0.15, 0.2) is 18.2 Å². The lowest BCUT2D eigenvalue weighted by atomic mass is 10.1. The maximum absolute atomic E-state index is 11.7. The van der Waals surface area contributed by atoms with E-state index < -0.39 is 29.1 Å². The molecule has 0 saturated carbocycles. The Morgan fingerprint density at radius 3 is 2.44 bits per heavy atom. The van der Waals surface area contributed by atoms with Gasteiger partial charge in [0.2, 0.25) is 0 Å². The fraction of sp³-hybridized carbons (Fsp3) is 0.100. The molecule has 8 heteroatoms. The molecular formula is C10H7NO6S. The van der Waals surface area contributed by atoms with E-state index in [9.17, 15) is 18.6 Å². The van der Waals surface area contributed by atoms with Crippen molar-refractivity contribution in [3.63, 3.8) is 0 Å². The van der Waals surface area contributed by atoms with Crippen molar-refractivity contribution in [2.45, 2.75) is 0 Å². The Morgan fingerprint density at radius 2 is 1.89 bits per heavy atom. The summed E-state index contributed by atoms with van der Waals surface area (Å²) in [6.45, 7) is 0. The zero-order chi connectivity index (χ0) is 13.4. The van der Waals surface area contributed by atoms with Crippen LogP contribution in [-0.2, 0) is 16.0 Å². The Balaban J connectivity index is 2.53. The van der Waals surface area contributed by atoms with Gasteiger partial charge < -0.3 is 4.74 Å². The lowest BCUT2D eigenvalue weighted by molar-refractivity contribution is 0.0600. The summed E-state index contributed by atoms with van der Waals surface area (Å²) in [4.78, 5) is 34.6. The predicted octanol–water partition coefficient (Wildman–Crippen LogP) is 0.206. The highest BCUT2D eigenvalue weighted by Crippen LogP contribution is 2.25. The van der Waals surface area contributed by atoms with Gasteiger partial charge in [0.15, 0.2) is 0 Å². The van der Waals surface area contributed by atoms with Crippen LogP contribution in [0.2, 0.25) is 0 Å². The van der Waals surface area contributed by atoms with E-state index in [4.69, 9.17) is 4.55 Å². The van der Waals surface area contributed by atoms with Crippen molar-refractivity contribution in [3.05, 3.63) is 34.9 Å². The second kappa shape index (κ2) is 4.31. The van der Waals surface area contributed by atoms with E-state index >= 15 is 0 Å². The van der Waals surface area contributed by atoms with Crippen LogP contribution >= 0.6 is 0 Å². The fourth-order valence-electron chi connectivity index (χ4n) is 1.61. The largest absolute Gasteiger partial charge is 0.465 e. The summed E-state index contributed by atoms with van der Waals surface area (Å²) in [6.07, 6.45) is 0. The first-order valence-electron chi connectivity index (χ1n) is 4.69. The van der Waals surface area contributed by atoms with Gasteiger partial charge in [0.25, 0.3) is 23.1 Å². The third-order valence-electron chi connectivity index (χ3n) is 2.43. The lowest BCUT2D eigenvalue weighted by Crippen LogP contribution is -2.31. The van der Waals surface area contributed by atoms with Crippen LogP contribution in [0.3, 0.4) is 0 Å². The highest BCUT2D eigenvalue weighted by atomic mass is 32.2. The van der Waals surface area contributed by atoms with Crippen molar-refractivity contribution >= 4 is 29.1 Å². The first-order chi connectivity index (χ1) is 8.47. The van der Waals surface area contributed by atoms with Crippen LogP contribution in [0, 0.1) is 0 Å². The second-order valence-electron chi connectivity index (χ2n) is 3.39. The number of benzene rings is 1. The number of rotatable bonds is 2. The molecular weight excluding hydrogens is 262 g/mol. The van der Waals surface area contributed by atoms with Crippen LogP contribution < -0.4 is 0 Å². The number of ether oxygens (including phenoxy) is 1. The third-order valence-corrected chi connectivity index (χ3v) is 3.07. The molecule has 1 aliphatic heterocycles. The van der Waals surface area contributed by atoms with Crippen molar-refractivity contribution in [2.75, 3.05) is 7.11 Å². The van der Waals surface area contributed by atoms with Crippen LogP contribution in [-0.4, -0.2) is 38.0 Å². The summed E-state index contributed by atoms with van der Waals surface area (Å²) >= 11 is -2.73. The number of methoxy groups -OCH3 is 1. The number of imide groups is 1. The van der Waals surface area contributed by atoms with Gasteiger partial charge in [0.1, 0.15) is 0 Å². The van der Waals surface area contributed by atoms with Gasteiger partial charge in [0.05, 0.1) is 23.8 Å². The van der Waals surface area contributed by atoms with Crippen molar-refractivity contribution in [1.82, 2.24) is 4.31 Å². The minimum atomic E-state index is -2.73. The predicted molar refractivity (Wildman–Crippen MR) is 59.1 cm³/mol. The maximum Gasteiger partial charge on any atom is 0.337 e. The van der Waals surface area contributed by atoms with Gasteiger partial charge in [-0.15, -0.1) is 0 Å². The van der Waals surface area contributed by atoms with Crippen LogP contribution in [0.5, 0.6) is 0 Å². The molecule has 0 bridgehead atoms. The minimum Gasteiger partial charge on any atom is -0.465 e. The second-order valence-corrected chi connectivity index (χ2v) is 4.21. The van der Waals surface area contributed by atoms with Crippen LogP contribution in [0.25, 0.3) is 0 Å². The SMILES string of the molecule is COC(=O)c1ccc2c(c1)C(=O)N(S(=O)O)C2=O. The molecule has 1 heterocycles. The lowest BCUT2D eigenvalue weighted by Gasteiger charge is -2.05. The molecule has 18 heavy (non-hydrogen) atoms. The highest BCUT2D eigenvalue weighted by Gasteiger charge is 2.39. The van der Waals surface area contributed by atoms with Crippen LogP contribution in [0.1, 0.15) is 31.1 Å². The molecule has 1 N–H and O–H groups in total. The Hall–Kier alpha value is -2.06. The first-order valence-corrected chi connectivity index (χ1v) is 5.76. The molecule has 0 spiro atoms. The van der Waals surface area contributed by atoms with Gasteiger partial charge in [-0.25, -0.2) is 9.00 Å². The molecule has 2 rings (SSSR count). The number of hydrogen-bond acceptors (Lipinski definition) is 5. The van der Waals surface area contributed by atoms with E-state index in [1.54, 1.807) is 0 Å². The summed E-state index contributed by atoms with van der Waals surface area (Å²) in [5.74, 6) is -2.45. The van der Waals surface area contributed by atoms with Gasteiger partial charge in [-0.05, 0) is 18.2 Å². The molecule has 1 aromatic rings. The van der Waals surface area contributed by atoms with Crippen molar-refractivity contribution < 1.29 is 27.9 Å². The number of carbonyl (C=O) groups is 3. The fourth-order valence-corrected chi connectivity index (χ4v) is 2.09. The first kappa shape index (κ1) is 12.4. The van der Waals surface area contributed by atoms with Gasteiger partial charge in [-0.2, -0.15) is 4.31 Å². The quantitative estimate of drug-likeness (QED) is 0.467. The normalized spacial score (nSPS) is 15.6. The molecule has 0 aromatic heterocycles. The highest BCUT2D eigenvalue weighted by molar-refractivity contribution is 7.78. The summed E-state index contributed by atoms with van der Waals surface area (Å²) in [6, 6.07) is 3.71. The minimum absolute atomic E-state index is 0.0185.